The maximum absolute atomic E-state index is 14.9. The van der Waals surface area contributed by atoms with Crippen LogP contribution in [0.3, 0.4) is 0 Å². The molecule has 1 amide bonds. The Balaban J connectivity index is 1.70. The van der Waals surface area contributed by atoms with Gasteiger partial charge in [0.25, 0.3) is 0 Å². The zero-order chi connectivity index (χ0) is 21.1. The molecule has 0 saturated carbocycles. The molecule has 2 aromatic heterocycles. The lowest BCUT2D eigenvalue weighted by atomic mass is 10.0. The van der Waals surface area contributed by atoms with E-state index in [-0.39, 0.29) is 25.4 Å². The third-order valence-electron chi connectivity index (χ3n) is 4.77. The van der Waals surface area contributed by atoms with Gasteiger partial charge < -0.3 is 20.6 Å². The van der Waals surface area contributed by atoms with Crippen LogP contribution in [0.2, 0.25) is 0 Å². The molecule has 4 N–H and O–H groups in total. The van der Waals surface area contributed by atoms with Crippen molar-refractivity contribution in [2.24, 2.45) is 11.5 Å². The minimum absolute atomic E-state index is 0.0761. The number of benzene rings is 2. The topological polar surface area (TPSA) is 104 Å². The first-order valence-corrected chi connectivity index (χ1v) is 9.40. The summed E-state index contributed by atoms with van der Waals surface area (Å²) in [6, 6.07) is 15.7. The fraction of sp³-hybridized carbons (Fsp3) is 0.130. The highest BCUT2D eigenvalue weighted by Gasteiger charge is 2.16. The Kier molecular flexibility index (Phi) is 5.45. The fourth-order valence-corrected chi connectivity index (χ4v) is 3.36. The van der Waals surface area contributed by atoms with Gasteiger partial charge in [-0.2, -0.15) is 0 Å². The molecule has 0 unspecified atom stereocenters. The van der Waals surface area contributed by atoms with Gasteiger partial charge in [-0.15, -0.1) is 0 Å². The highest BCUT2D eigenvalue weighted by molar-refractivity contribution is 5.90. The molecule has 7 heteroatoms. The fourth-order valence-electron chi connectivity index (χ4n) is 3.36. The van der Waals surface area contributed by atoms with E-state index < -0.39 is 5.91 Å². The smallest absolute Gasteiger partial charge is 0.221 e. The molecule has 6 nitrogen and oxygen atoms in total. The van der Waals surface area contributed by atoms with Crippen molar-refractivity contribution in [2.45, 2.75) is 19.6 Å². The number of hydrogen-bond donors (Lipinski definition) is 2. The lowest BCUT2D eigenvalue weighted by Gasteiger charge is -2.12. The molecule has 0 aliphatic rings. The van der Waals surface area contributed by atoms with E-state index in [1.54, 1.807) is 42.5 Å². The first-order chi connectivity index (χ1) is 14.6. The molecule has 4 rings (SSSR count). The van der Waals surface area contributed by atoms with Gasteiger partial charge in [0.1, 0.15) is 23.7 Å². The van der Waals surface area contributed by atoms with E-state index in [1.165, 1.54) is 6.26 Å². The molecule has 0 spiro atoms. The van der Waals surface area contributed by atoms with Crippen molar-refractivity contribution in [3.8, 4) is 16.9 Å². The summed E-state index contributed by atoms with van der Waals surface area (Å²) in [5.41, 5.74) is 14.7. The molecular formula is C23H20FN3O3. The number of hydrogen-bond acceptors (Lipinski definition) is 5. The third-order valence-corrected chi connectivity index (χ3v) is 4.77. The number of nitrogens with two attached hydrogens (primary N) is 2. The van der Waals surface area contributed by atoms with Gasteiger partial charge in [0.05, 0.1) is 18.4 Å². The predicted octanol–water partition coefficient (Wildman–Crippen LogP) is 3.70. The van der Waals surface area contributed by atoms with Gasteiger partial charge in [-0.25, -0.2) is 9.37 Å². The highest BCUT2D eigenvalue weighted by atomic mass is 19.1. The number of nitrogens with zero attached hydrogens (tertiary/aromatic N) is 1. The highest BCUT2D eigenvalue weighted by Crippen LogP contribution is 2.32. The average molecular weight is 405 g/mol. The van der Waals surface area contributed by atoms with Crippen LogP contribution in [0.25, 0.3) is 22.2 Å². The lowest BCUT2D eigenvalue weighted by Crippen LogP contribution is -2.14. The monoisotopic (exact) mass is 405 g/mol. The zero-order valence-corrected chi connectivity index (χ0v) is 16.1. The molecule has 0 atom stereocenters. The van der Waals surface area contributed by atoms with E-state index in [9.17, 15) is 9.18 Å². The van der Waals surface area contributed by atoms with Crippen molar-refractivity contribution in [1.82, 2.24) is 4.98 Å². The van der Waals surface area contributed by atoms with E-state index in [1.807, 2.05) is 12.1 Å². The average Bonchev–Trinajstić information content (AvgIpc) is 3.21. The molecule has 0 radical (unpaired) electrons. The van der Waals surface area contributed by atoms with Gasteiger partial charge in [-0.1, -0.05) is 36.4 Å². The van der Waals surface area contributed by atoms with Crippen LogP contribution in [0.5, 0.6) is 5.75 Å². The Morgan fingerprint density at radius 1 is 1.07 bits per heavy atom. The van der Waals surface area contributed by atoms with Crippen LogP contribution in [0.4, 0.5) is 4.39 Å². The molecule has 2 heterocycles. The second-order valence-electron chi connectivity index (χ2n) is 6.82. The Morgan fingerprint density at radius 3 is 2.67 bits per heavy atom. The van der Waals surface area contributed by atoms with Crippen LogP contribution >= 0.6 is 0 Å². The van der Waals surface area contributed by atoms with Crippen LogP contribution in [0, 0.1) is 5.82 Å². The maximum atomic E-state index is 14.9. The van der Waals surface area contributed by atoms with Gasteiger partial charge in [-0.3, -0.25) is 4.79 Å². The molecule has 0 fully saturated rings. The lowest BCUT2D eigenvalue weighted by molar-refractivity contribution is -0.117. The van der Waals surface area contributed by atoms with Crippen molar-refractivity contribution < 1.29 is 18.3 Å². The first kappa shape index (κ1) is 19.6. The number of pyridine rings is 1. The van der Waals surface area contributed by atoms with E-state index in [0.29, 0.717) is 44.8 Å². The molecule has 2 aromatic carbocycles. The first-order valence-electron chi connectivity index (χ1n) is 9.40. The van der Waals surface area contributed by atoms with E-state index >= 15 is 0 Å². The molecule has 4 aromatic rings. The number of aromatic nitrogens is 1. The van der Waals surface area contributed by atoms with Crippen LogP contribution in [0.15, 0.2) is 65.3 Å². The molecule has 152 valence electrons. The Labute approximate surface area is 172 Å². The molecule has 0 aliphatic heterocycles. The summed E-state index contributed by atoms with van der Waals surface area (Å²) in [4.78, 5) is 15.8. The standard InChI is InChI=1S/C23H20FN3O3/c24-22-15(12-25)5-3-6-17(22)18-11-16(27-19-8-9-29-23(18)19)13-30-20-7-2-1-4-14(20)10-21(26)28/h1-9,11H,10,12-13,25H2,(H2,26,28). The van der Waals surface area contributed by atoms with Crippen molar-refractivity contribution in [3.05, 3.63) is 83.5 Å². The second-order valence-corrected chi connectivity index (χ2v) is 6.82. The largest absolute Gasteiger partial charge is 0.487 e. The number of para-hydroxylation sites is 1. The normalized spacial score (nSPS) is 11.0. The maximum Gasteiger partial charge on any atom is 0.221 e. The molecule has 0 aliphatic carbocycles. The van der Waals surface area contributed by atoms with E-state index in [4.69, 9.17) is 20.6 Å². The molecular weight excluding hydrogens is 385 g/mol. The number of primary amides is 1. The number of fused-ring (bicyclic) bond motifs is 1. The van der Waals surface area contributed by atoms with Gasteiger partial charge in [-0.05, 0) is 12.1 Å². The Hall–Kier alpha value is -3.71. The Bertz CT molecular complexity index is 1220. The number of rotatable bonds is 7. The number of furan rings is 1. The summed E-state index contributed by atoms with van der Waals surface area (Å²) in [6.45, 7) is 0.223. The summed E-state index contributed by atoms with van der Waals surface area (Å²) in [6.07, 6.45) is 1.59. The summed E-state index contributed by atoms with van der Waals surface area (Å²) in [7, 11) is 0. The van der Waals surface area contributed by atoms with Gasteiger partial charge in [0.2, 0.25) is 5.91 Å². The van der Waals surface area contributed by atoms with Gasteiger partial charge in [0, 0.05) is 34.9 Å². The Morgan fingerprint density at radius 2 is 1.87 bits per heavy atom. The van der Waals surface area contributed by atoms with Crippen LogP contribution < -0.4 is 16.2 Å². The molecule has 0 saturated heterocycles. The van der Waals surface area contributed by atoms with E-state index in [0.717, 1.165) is 0 Å². The minimum atomic E-state index is -0.443. The van der Waals surface area contributed by atoms with Crippen LogP contribution in [-0.2, 0) is 24.4 Å². The van der Waals surface area contributed by atoms with Crippen LogP contribution in [0.1, 0.15) is 16.8 Å². The van der Waals surface area contributed by atoms with Crippen molar-refractivity contribution in [1.29, 1.82) is 0 Å². The minimum Gasteiger partial charge on any atom is -0.487 e. The third kappa shape index (κ3) is 3.88. The number of ether oxygens (including phenoxy) is 1. The number of amides is 1. The van der Waals surface area contributed by atoms with Crippen molar-refractivity contribution >= 4 is 17.0 Å². The second kappa shape index (κ2) is 8.34. The summed E-state index contributed by atoms with van der Waals surface area (Å²) in [5.74, 6) is -0.285. The zero-order valence-electron chi connectivity index (χ0n) is 16.1. The van der Waals surface area contributed by atoms with E-state index in [2.05, 4.69) is 4.98 Å². The van der Waals surface area contributed by atoms with Crippen molar-refractivity contribution in [3.63, 3.8) is 0 Å². The van der Waals surface area contributed by atoms with Crippen molar-refractivity contribution in [2.75, 3.05) is 0 Å². The number of carbonyl (C=O) groups is 1. The quantitative estimate of drug-likeness (QED) is 0.488. The van der Waals surface area contributed by atoms with Gasteiger partial charge in [0.15, 0.2) is 5.58 Å². The number of halogens is 1. The van der Waals surface area contributed by atoms with Gasteiger partial charge >= 0.3 is 0 Å². The summed E-state index contributed by atoms with van der Waals surface area (Å²) >= 11 is 0. The predicted molar refractivity (Wildman–Crippen MR) is 111 cm³/mol. The van der Waals surface area contributed by atoms with Crippen LogP contribution in [-0.4, -0.2) is 10.9 Å². The molecule has 30 heavy (non-hydrogen) atoms. The molecule has 0 bridgehead atoms. The number of carbonyl (C=O) groups excluding carboxylic acids is 1. The SMILES string of the molecule is NCc1cccc(-c2cc(COc3ccccc3CC(N)=O)nc3ccoc23)c1F. The summed E-state index contributed by atoms with van der Waals surface area (Å²) in [5, 5.41) is 0. The summed E-state index contributed by atoms with van der Waals surface area (Å²) < 4.78 is 26.4.